The van der Waals surface area contributed by atoms with E-state index in [1.807, 2.05) is 45.0 Å². The standard InChI is InChI=1S/C17H17ClN2O/c1-4-14-10(2)9-15-16(11(3)19-20(15)17(14)21)12-5-7-13(18)8-6-12/h5-8H,4,9H2,1-3H3. The first-order valence-electron chi connectivity index (χ1n) is 7.10. The number of benzene rings is 1. The number of aromatic nitrogens is 2. The van der Waals surface area contributed by atoms with E-state index in [1.165, 1.54) is 0 Å². The Kier molecular flexibility index (Phi) is 3.46. The predicted molar refractivity (Wildman–Crippen MR) is 84.7 cm³/mol. The number of fused-ring (bicyclic) bond motifs is 1. The van der Waals surface area contributed by atoms with E-state index in [4.69, 9.17) is 11.6 Å². The van der Waals surface area contributed by atoms with Gasteiger partial charge in [-0.1, -0.05) is 36.2 Å². The summed E-state index contributed by atoms with van der Waals surface area (Å²) in [5.41, 5.74) is 5.99. The molecular weight excluding hydrogens is 284 g/mol. The lowest BCUT2D eigenvalue weighted by Crippen LogP contribution is -2.23. The zero-order valence-electron chi connectivity index (χ0n) is 12.4. The minimum Gasteiger partial charge on any atom is -0.267 e. The highest BCUT2D eigenvalue weighted by Crippen LogP contribution is 2.33. The van der Waals surface area contributed by atoms with E-state index in [-0.39, 0.29) is 5.91 Å². The Hall–Kier alpha value is -1.87. The number of allylic oxidation sites excluding steroid dienone is 2. The molecule has 0 amide bonds. The number of halogens is 1. The van der Waals surface area contributed by atoms with Crippen LogP contribution in [0.4, 0.5) is 0 Å². The number of carbonyl (C=O) groups excluding carboxylic acids is 1. The summed E-state index contributed by atoms with van der Waals surface area (Å²) in [6, 6.07) is 7.69. The molecule has 0 atom stereocenters. The van der Waals surface area contributed by atoms with E-state index in [2.05, 4.69) is 5.10 Å². The van der Waals surface area contributed by atoms with Gasteiger partial charge in [-0.3, -0.25) is 4.79 Å². The minimum absolute atomic E-state index is 0.0135. The molecule has 0 saturated carbocycles. The molecule has 0 aliphatic carbocycles. The summed E-state index contributed by atoms with van der Waals surface area (Å²) in [4.78, 5) is 12.5. The summed E-state index contributed by atoms with van der Waals surface area (Å²) >= 11 is 5.96. The van der Waals surface area contributed by atoms with Crippen LogP contribution in [-0.2, 0) is 6.42 Å². The van der Waals surface area contributed by atoms with Gasteiger partial charge in [0.25, 0.3) is 5.91 Å². The van der Waals surface area contributed by atoms with E-state index < -0.39 is 0 Å². The maximum atomic E-state index is 12.5. The molecule has 0 spiro atoms. The molecule has 2 heterocycles. The molecule has 1 aliphatic rings. The van der Waals surface area contributed by atoms with Gasteiger partial charge in [-0.05, 0) is 38.0 Å². The Bertz CT molecular complexity index is 754. The second kappa shape index (κ2) is 5.15. The van der Waals surface area contributed by atoms with Crippen molar-refractivity contribution in [2.75, 3.05) is 0 Å². The number of aryl methyl sites for hydroxylation is 1. The summed E-state index contributed by atoms with van der Waals surface area (Å²) in [6.45, 7) is 6.00. The van der Waals surface area contributed by atoms with Gasteiger partial charge in [0.05, 0.1) is 11.4 Å². The molecule has 1 aromatic carbocycles. The van der Waals surface area contributed by atoms with E-state index in [1.54, 1.807) is 4.68 Å². The van der Waals surface area contributed by atoms with Gasteiger partial charge in [0, 0.05) is 22.6 Å². The molecule has 1 aliphatic heterocycles. The molecule has 21 heavy (non-hydrogen) atoms. The van der Waals surface area contributed by atoms with Crippen LogP contribution in [-0.4, -0.2) is 15.7 Å². The van der Waals surface area contributed by atoms with Crippen molar-refractivity contribution in [3.8, 4) is 11.1 Å². The molecule has 3 nitrogen and oxygen atoms in total. The van der Waals surface area contributed by atoms with Crippen LogP contribution in [0.1, 0.15) is 36.5 Å². The fourth-order valence-corrected chi connectivity index (χ4v) is 3.15. The van der Waals surface area contributed by atoms with Crippen LogP contribution in [0.25, 0.3) is 11.1 Å². The predicted octanol–water partition coefficient (Wildman–Crippen LogP) is 4.43. The lowest BCUT2D eigenvalue weighted by molar-refractivity contribution is 0.0927. The molecule has 3 rings (SSSR count). The Balaban J connectivity index is 2.17. The molecule has 4 heteroatoms. The SMILES string of the molecule is CCC1=C(C)Cc2c(-c3ccc(Cl)cc3)c(C)nn2C1=O. The summed E-state index contributed by atoms with van der Waals surface area (Å²) in [6.07, 6.45) is 1.52. The number of nitrogens with zero attached hydrogens (tertiary/aromatic N) is 2. The van der Waals surface area contributed by atoms with Crippen molar-refractivity contribution in [2.24, 2.45) is 0 Å². The molecule has 108 valence electrons. The minimum atomic E-state index is 0.0135. The number of rotatable bonds is 2. The van der Waals surface area contributed by atoms with Gasteiger partial charge in [0.2, 0.25) is 0 Å². The van der Waals surface area contributed by atoms with Crippen molar-refractivity contribution in [2.45, 2.75) is 33.6 Å². The molecule has 1 aromatic heterocycles. The number of carbonyl (C=O) groups is 1. The van der Waals surface area contributed by atoms with E-state index in [0.717, 1.165) is 46.5 Å². The normalized spacial score (nSPS) is 14.6. The first kappa shape index (κ1) is 14.1. The second-order valence-electron chi connectivity index (χ2n) is 5.42. The van der Waals surface area contributed by atoms with Crippen molar-refractivity contribution < 1.29 is 4.79 Å². The Morgan fingerprint density at radius 3 is 2.52 bits per heavy atom. The fraction of sp³-hybridized carbons (Fsp3) is 0.294. The molecule has 0 radical (unpaired) electrons. The number of hydrogen-bond donors (Lipinski definition) is 0. The van der Waals surface area contributed by atoms with E-state index in [0.29, 0.717) is 5.02 Å². The van der Waals surface area contributed by atoms with Crippen LogP contribution in [0.3, 0.4) is 0 Å². The molecule has 0 unspecified atom stereocenters. The first-order valence-corrected chi connectivity index (χ1v) is 7.48. The van der Waals surface area contributed by atoms with Crippen LogP contribution in [0.2, 0.25) is 5.02 Å². The van der Waals surface area contributed by atoms with Gasteiger partial charge < -0.3 is 0 Å². The molecule has 0 saturated heterocycles. The maximum absolute atomic E-state index is 12.5. The molecule has 2 aromatic rings. The quantitative estimate of drug-likeness (QED) is 0.822. The molecule has 0 N–H and O–H groups in total. The van der Waals surface area contributed by atoms with Crippen molar-refractivity contribution in [1.82, 2.24) is 9.78 Å². The van der Waals surface area contributed by atoms with Gasteiger partial charge in [0.15, 0.2) is 0 Å². The second-order valence-corrected chi connectivity index (χ2v) is 5.86. The molecule has 0 fully saturated rings. The van der Waals surface area contributed by atoms with Crippen molar-refractivity contribution in [1.29, 1.82) is 0 Å². The largest absolute Gasteiger partial charge is 0.274 e. The van der Waals surface area contributed by atoms with Crippen LogP contribution < -0.4 is 0 Å². The molecule has 0 bridgehead atoms. The van der Waals surface area contributed by atoms with Gasteiger partial charge >= 0.3 is 0 Å². The smallest absolute Gasteiger partial charge is 0.267 e. The van der Waals surface area contributed by atoms with Crippen molar-refractivity contribution >= 4 is 17.5 Å². The van der Waals surface area contributed by atoms with Crippen LogP contribution in [0, 0.1) is 6.92 Å². The van der Waals surface area contributed by atoms with Gasteiger partial charge in [0.1, 0.15) is 0 Å². The lowest BCUT2D eigenvalue weighted by atomic mass is 9.94. The summed E-state index contributed by atoms with van der Waals surface area (Å²) in [5.74, 6) is 0.0135. The van der Waals surface area contributed by atoms with Gasteiger partial charge in [-0.2, -0.15) is 9.78 Å². The highest BCUT2D eigenvalue weighted by molar-refractivity contribution is 6.30. The summed E-state index contributed by atoms with van der Waals surface area (Å²) in [7, 11) is 0. The topological polar surface area (TPSA) is 34.9 Å². The Morgan fingerprint density at radius 1 is 1.24 bits per heavy atom. The van der Waals surface area contributed by atoms with Crippen LogP contribution in [0.5, 0.6) is 0 Å². The Morgan fingerprint density at radius 2 is 1.90 bits per heavy atom. The lowest BCUT2D eigenvalue weighted by Gasteiger charge is -2.18. The zero-order chi connectivity index (χ0) is 15.1. The van der Waals surface area contributed by atoms with Gasteiger partial charge in [-0.15, -0.1) is 0 Å². The number of hydrogen-bond acceptors (Lipinski definition) is 2. The molecular formula is C17H17ClN2O. The third-order valence-electron chi connectivity index (χ3n) is 4.04. The monoisotopic (exact) mass is 300 g/mol. The third-order valence-corrected chi connectivity index (χ3v) is 4.29. The summed E-state index contributed by atoms with van der Waals surface area (Å²) in [5, 5.41) is 5.17. The van der Waals surface area contributed by atoms with Gasteiger partial charge in [-0.25, -0.2) is 0 Å². The maximum Gasteiger partial charge on any atom is 0.274 e. The third kappa shape index (κ3) is 2.22. The summed E-state index contributed by atoms with van der Waals surface area (Å²) < 4.78 is 1.57. The average Bonchev–Trinajstić information content (AvgIpc) is 2.77. The van der Waals surface area contributed by atoms with E-state index >= 15 is 0 Å². The first-order chi connectivity index (χ1) is 10.0. The van der Waals surface area contributed by atoms with Crippen LogP contribution in [0.15, 0.2) is 35.4 Å². The fourth-order valence-electron chi connectivity index (χ4n) is 3.02. The van der Waals surface area contributed by atoms with Crippen molar-refractivity contribution in [3.05, 3.63) is 51.8 Å². The van der Waals surface area contributed by atoms with Crippen LogP contribution >= 0.6 is 11.6 Å². The highest BCUT2D eigenvalue weighted by atomic mass is 35.5. The van der Waals surface area contributed by atoms with Crippen molar-refractivity contribution in [3.63, 3.8) is 0 Å². The van der Waals surface area contributed by atoms with E-state index in [9.17, 15) is 4.79 Å². The zero-order valence-corrected chi connectivity index (χ0v) is 13.2. The Labute approximate surface area is 129 Å². The average molecular weight is 301 g/mol. The highest BCUT2D eigenvalue weighted by Gasteiger charge is 2.27.